The standard InChI is InChI=1S/C15H24F3NO2/c16-15(17,18)12-6-2-1-5-11(12)13(21)19-9-14(10-20)7-3-4-8-14/h11-12,20H,1-10H2,(H,19,21). The minimum atomic E-state index is -4.30. The maximum absolute atomic E-state index is 13.0. The molecule has 2 aliphatic carbocycles. The van der Waals surface area contributed by atoms with Crippen LogP contribution >= 0.6 is 0 Å². The van der Waals surface area contributed by atoms with Crippen LogP contribution in [0.1, 0.15) is 51.4 Å². The number of aliphatic hydroxyl groups is 1. The van der Waals surface area contributed by atoms with Gasteiger partial charge in [-0.3, -0.25) is 4.79 Å². The number of nitrogens with one attached hydrogen (secondary N) is 1. The highest BCUT2D eigenvalue weighted by atomic mass is 19.4. The van der Waals surface area contributed by atoms with Crippen molar-refractivity contribution in [3.05, 3.63) is 0 Å². The van der Waals surface area contributed by atoms with Gasteiger partial charge in [0.1, 0.15) is 0 Å². The van der Waals surface area contributed by atoms with Gasteiger partial charge in [0.2, 0.25) is 5.91 Å². The van der Waals surface area contributed by atoms with Crippen molar-refractivity contribution in [2.24, 2.45) is 17.3 Å². The number of carbonyl (C=O) groups is 1. The fourth-order valence-electron chi connectivity index (χ4n) is 3.76. The van der Waals surface area contributed by atoms with Gasteiger partial charge in [0.05, 0.1) is 12.5 Å². The average Bonchev–Trinajstić information content (AvgIpc) is 2.93. The van der Waals surface area contributed by atoms with Gasteiger partial charge in [-0.15, -0.1) is 0 Å². The van der Waals surface area contributed by atoms with Crippen molar-refractivity contribution in [1.29, 1.82) is 0 Å². The molecule has 3 nitrogen and oxygen atoms in total. The van der Waals surface area contributed by atoms with Gasteiger partial charge < -0.3 is 10.4 Å². The summed E-state index contributed by atoms with van der Waals surface area (Å²) in [6, 6.07) is 0. The Morgan fingerprint density at radius 2 is 1.76 bits per heavy atom. The molecule has 0 bridgehead atoms. The highest BCUT2D eigenvalue weighted by molar-refractivity contribution is 5.79. The molecule has 2 rings (SSSR count). The third-order valence-corrected chi connectivity index (χ3v) is 5.16. The first-order chi connectivity index (χ1) is 9.88. The molecule has 0 spiro atoms. The van der Waals surface area contributed by atoms with E-state index in [9.17, 15) is 23.1 Å². The highest BCUT2D eigenvalue weighted by Crippen LogP contribution is 2.42. The lowest BCUT2D eigenvalue weighted by Crippen LogP contribution is -2.46. The number of halogens is 3. The molecule has 0 aliphatic heterocycles. The monoisotopic (exact) mass is 307 g/mol. The van der Waals surface area contributed by atoms with Crippen LogP contribution in [-0.4, -0.2) is 30.3 Å². The summed E-state index contributed by atoms with van der Waals surface area (Å²) < 4.78 is 39.0. The van der Waals surface area contributed by atoms with E-state index in [0.717, 1.165) is 25.7 Å². The zero-order valence-corrected chi connectivity index (χ0v) is 12.2. The molecule has 6 heteroatoms. The molecule has 21 heavy (non-hydrogen) atoms. The predicted molar refractivity (Wildman–Crippen MR) is 72.5 cm³/mol. The fourth-order valence-corrected chi connectivity index (χ4v) is 3.76. The van der Waals surface area contributed by atoms with Crippen LogP contribution in [0.3, 0.4) is 0 Å². The molecule has 0 aromatic rings. The van der Waals surface area contributed by atoms with Crippen LogP contribution in [0.4, 0.5) is 13.2 Å². The lowest BCUT2D eigenvalue weighted by molar-refractivity contribution is -0.198. The third kappa shape index (κ3) is 3.90. The summed E-state index contributed by atoms with van der Waals surface area (Å²) >= 11 is 0. The van der Waals surface area contributed by atoms with Crippen LogP contribution < -0.4 is 5.32 Å². The van der Waals surface area contributed by atoms with Crippen molar-refractivity contribution in [2.45, 2.75) is 57.5 Å². The number of rotatable bonds is 4. The van der Waals surface area contributed by atoms with Crippen LogP contribution in [-0.2, 0) is 4.79 Å². The fraction of sp³-hybridized carbons (Fsp3) is 0.933. The molecule has 2 N–H and O–H groups in total. The van der Waals surface area contributed by atoms with Crippen molar-refractivity contribution < 1.29 is 23.1 Å². The Bertz CT molecular complexity index is 364. The van der Waals surface area contributed by atoms with E-state index in [-0.39, 0.29) is 18.4 Å². The maximum Gasteiger partial charge on any atom is 0.392 e. The Morgan fingerprint density at radius 1 is 1.14 bits per heavy atom. The Morgan fingerprint density at radius 3 is 2.33 bits per heavy atom. The topological polar surface area (TPSA) is 49.3 Å². The van der Waals surface area contributed by atoms with E-state index in [1.807, 2.05) is 0 Å². The molecule has 122 valence electrons. The molecule has 0 aromatic carbocycles. The number of carbonyl (C=O) groups excluding carboxylic acids is 1. The van der Waals surface area contributed by atoms with Gasteiger partial charge >= 0.3 is 6.18 Å². The van der Waals surface area contributed by atoms with Gasteiger partial charge in [-0.05, 0) is 25.7 Å². The highest BCUT2D eigenvalue weighted by Gasteiger charge is 2.48. The summed E-state index contributed by atoms with van der Waals surface area (Å²) in [7, 11) is 0. The lowest BCUT2D eigenvalue weighted by Gasteiger charge is -2.33. The maximum atomic E-state index is 13.0. The summed E-state index contributed by atoms with van der Waals surface area (Å²) in [5.41, 5.74) is -0.321. The van der Waals surface area contributed by atoms with Crippen LogP contribution in [0.15, 0.2) is 0 Å². The summed E-state index contributed by atoms with van der Waals surface area (Å²) in [4.78, 5) is 12.2. The number of aliphatic hydroxyl groups excluding tert-OH is 1. The predicted octanol–water partition coefficient (Wildman–Crippen LogP) is 3.02. The molecule has 0 saturated heterocycles. The summed E-state index contributed by atoms with van der Waals surface area (Å²) in [6.07, 6.45) is 0.939. The molecule has 0 heterocycles. The second-order valence-electron chi connectivity index (χ2n) is 6.62. The van der Waals surface area contributed by atoms with E-state index >= 15 is 0 Å². The minimum Gasteiger partial charge on any atom is -0.396 e. The van der Waals surface area contributed by atoms with Crippen LogP contribution in [0.25, 0.3) is 0 Å². The van der Waals surface area contributed by atoms with Crippen molar-refractivity contribution in [3.63, 3.8) is 0 Å². The number of hydrogen-bond acceptors (Lipinski definition) is 2. The second kappa shape index (κ2) is 6.55. The molecule has 2 aliphatic rings. The van der Waals surface area contributed by atoms with E-state index in [1.165, 1.54) is 0 Å². The van der Waals surface area contributed by atoms with E-state index < -0.39 is 23.9 Å². The molecule has 0 radical (unpaired) electrons. The Kier molecular flexibility index (Phi) is 5.17. The molecule has 0 aromatic heterocycles. The summed E-state index contributed by atoms with van der Waals surface area (Å²) in [6.45, 7) is 0.282. The quantitative estimate of drug-likeness (QED) is 0.839. The van der Waals surface area contributed by atoms with Crippen molar-refractivity contribution in [2.75, 3.05) is 13.2 Å². The molecule has 1 amide bonds. The van der Waals surface area contributed by atoms with E-state index in [4.69, 9.17) is 0 Å². The third-order valence-electron chi connectivity index (χ3n) is 5.16. The van der Waals surface area contributed by atoms with Crippen LogP contribution in [0.5, 0.6) is 0 Å². The largest absolute Gasteiger partial charge is 0.396 e. The van der Waals surface area contributed by atoms with Crippen molar-refractivity contribution in [1.82, 2.24) is 5.32 Å². The Labute approximate surface area is 123 Å². The normalized spacial score (nSPS) is 29.3. The van der Waals surface area contributed by atoms with Crippen molar-refractivity contribution in [3.8, 4) is 0 Å². The molecule has 2 fully saturated rings. The Hall–Kier alpha value is -0.780. The Balaban J connectivity index is 1.95. The van der Waals surface area contributed by atoms with Crippen LogP contribution in [0.2, 0.25) is 0 Å². The smallest absolute Gasteiger partial charge is 0.392 e. The first-order valence-electron chi connectivity index (χ1n) is 7.83. The van der Waals surface area contributed by atoms with Gasteiger partial charge in [-0.1, -0.05) is 25.7 Å². The second-order valence-corrected chi connectivity index (χ2v) is 6.62. The van der Waals surface area contributed by atoms with Gasteiger partial charge in [0.25, 0.3) is 0 Å². The average molecular weight is 307 g/mol. The SMILES string of the molecule is O=C(NCC1(CO)CCCC1)C1CCCCC1C(F)(F)F. The number of hydrogen-bond donors (Lipinski definition) is 2. The molecule has 2 unspecified atom stereocenters. The lowest BCUT2D eigenvalue weighted by atomic mass is 9.78. The van der Waals surface area contributed by atoms with E-state index in [2.05, 4.69) is 5.32 Å². The summed E-state index contributed by atoms with van der Waals surface area (Å²) in [5, 5.41) is 12.2. The minimum absolute atomic E-state index is 0.0132. The molecular weight excluding hydrogens is 283 g/mol. The molecule has 2 atom stereocenters. The molecular formula is C15H24F3NO2. The van der Waals surface area contributed by atoms with E-state index in [0.29, 0.717) is 25.8 Å². The number of amides is 1. The van der Waals surface area contributed by atoms with Gasteiger partial charge in [0.15, 0.2) is 0 Å². The van der Waals surface area contributed by atoms with Gasteiger partial charge in [-0.25, -0.2) is 0 Å². The molecule has 2 saturated carbocycles. The number of alkyl halides is 3. The summed E-state index contributed by atoms with van der Waals surface area (Å²) in [5.74, 6) is -2.97. The van der Waals surface area contributed by atoms with Crippen LogP contribution in [0, 0.1) is 17.3 Å². The first kappa shape index (κ1) is 16.6. The van der Waals surface area contributed by atoms with Crippen molar-refractivity contribution >= 4 is 5.91 Å². The zero-order chi connectivity index (χ0) is 15.5. The van der Waals surface area contributed by atoms with Gasteiger partial charge in [-0.2, -0.15) is 13.2 Å². The zero-order valence-electron chi connectivity index (χ0n) is 12.2. The van der Waals surface area contributed by atoms with E-state index in [1.54, 1.807) is 0 Å². The first-order valence-corrected chi connectivity index (χ1v) is 7.83. The van der Waals surface area contributed by atoms with Gasteiger partial charge in [0, 0.05) is 17.9 Å².